The van der Waals surface area contributed by atoms with Gasteiger partial charge >= 0.3 is 0 Å². The highest BCUT2D eigenvalue weighted by Gasteiger charge is 2.17. The maximum Gasteiger partial charge on any atom is 0.220 e. The van der Waals surface area contributed by atoms with Crippen LogP contribution in [-0.4, -0.2) is 11.9 Å². The maximum atomic E-state index is 13.5. The van der Waals surface area contributed by atoms with Gasteiger partial charge in [-0.3, -0.25) is 4.79 Å². The molecule has 0 bridgehead atoms. The third kappa shape index (κ3) is 6.00. The van der Waals surface area contributed by atoms with Crippen molar-refractivity contribution in [1.82, 2.24) is 5.32 Å². The fourth-order valence-corrected chi connectivity index (χ4v) is 2.28. The van der Waals surface area contributed by atoms with Crippen LogP contribution in [0, 0.1) is 5.82 Å². The Balaban J connectivity index is 0.00000264. The first-order valence-electron chi connectivity index (χ1n) is 7.41. The largest absolute Gasteiger partial charge is 0.345 e. The zero-order valence-electron chi connectivity index (χ0n) is 13.0. The first-order valence-corrected chi connectivity index (χ1v) is 7.41. The van der Waals surface area contributed by atoms with Crippen LogP contribution >= 0.6 is 12.4 Å². The summed E-state index contributed by atoms with van der Waals surface area (Å²) < 4.78 is 13.5. The maximum absolute atomic E-state index is 13.5. The molecule has 0 aliphatic heterocycles. The molecule has 0 radical (unpaired) electrons. The van der Waals surface area contributed by atoms with E-state index in [9.17, 15) is 9.18 Å². The molecule has 0 aliphatic carbocycles. The minimum absolute atomic E-state index is 0. The van der Waals surface area contributed by atoms with Crippen molar-refractivity contribution in [2.24, 2.45) is 5.73 Å². The Morgan fingerprint density at radius 3 is 2.39 bits per heavy atom. The highest BCUT2D eigenvalue weighted by molar-refractivity contribution is 5.85. The van der Waals surface area contributed by atoms with Gasteiger partial charge in [0.1, 0.15) is 5.82 Å². The summed E-state index contributed by atoms with van der Waals surface area (Å²) in [7, 11) is 0. The SMILES string of the molecule is CC(N)CCC(=O)NC(c1ccccc1)c1cccc(F)c1.Cl. The number of benzene rings is 2. The average molecular weight is 337 g/mol. The van der Waals surface area contributed by atoms with E-state index in [1.54, 1.807) is 6.07 Å². The van der Waals surface area contributed by atoms with E-state index in [1.807, 2.05) is 43.3 Å². The summed E-state index contributed by atoms with van der Waals surface area (Å²) in [4.78, 5) is 12.1. The van der Waals surface area contributed by atoms with Gasteiger partial charge in [-0.15, -0.1) is 12.4 Å². The summed E-state index contributed by atoms with van der Waals surface area (Å²) in [5.41, 5.74) is 7.33. The first kappa shape index (κ1) is 19.1. The highest BCUT2D eigenvalue weighted by atomic mass is 35.5. The number of nitrogens with one attached hydrogen (secondary N) is 1. The number of nitrogens with two attached hydrogens (primary N) is 1. The van der Waals surface area contributed by atoms with Crippen LogP contribution in [0.15, 0.2) is 54.6 Å². The second-order valence-corrected chi connectivity index (χ2v) is 5.48. The fourth-order valence-electron chi connectivity index (χ4n) is 2.28. The van der Waals surface area contributed by atoms with Crippen molar-refractivity contribution in [2.45, 2.75) is 31.8 Å². The van der Waals surface area contributed by atoms with Crippen LogP contribution in [0.25, 0.3) is 0 Å². The average Bonchev–Trinajstić information content (AvgIpc) is 2.51. The van der Waals surface area contributed by atoms with Gasteiger partial charge in [0.2, 0.25) is 5.91 Å². The van der Waals surface area contributed by atoms with Crippen molar-refractivity contribution in [3.05, 3.63) is 71.5 Å². The molecule has 2 aromatic rings. The summed E-state index contributed by atoms with van der Waals surface area (Å²) >= 11 is 0. The van der Waals surface area contributed by atoms with Gasteiger partial charge in [0.05, 0.1) is 6.04 Å². The summed E-state index contributed by atoms with van der Waals surface area (Å²) in [5, 5.41) is 2.97. The van der Waals surface area contributed by atoms with Crippen molar-refractivity contribution in [1.29, 1.82) is 0 Å². The van der Waals surface area contributed by atoms with Crippen molar-refractivity contribution < 1.29 is 9.18 Å². The monoisotopic (exact) mass is 336 g/mol. The molecule has 3 nitrogen and oxygen atoms in total. The van der Waals surface area contributed by atoms with Crippen LogP contribution in [0.4, 0.5) is 4.39 Å². The molecule has 0 aliphatic rings. The lowest BCUT2D eigenvalue weighted by atomic mass is 9.98. The number of hydrogen-bond acceptors (Lipinski definition) is 2. The van der Waals surface area contributed by atoms with Gasteiger partial charge in [-0.2, -0.15) is 0 Å². The van der Waals surface area contributed by atoms with E-state index in [2.05, 4.69) is 5.32 Å². The van der Waals surface area contributed by atoms with Crippen LogP contribution in [0.3, 0.4) is 0 Å². The Kier molecular flexibility index (Phi) is 7.72. The first-order chi connectivity index (χ1) is 10.6. The predicted molar refractivity (Wildman–Crippen MR) is 93.0 cm³/mol. The molecular weight excluding hydrogens is 315 g/mol. The lowest BCUT2D eigenvalue weighted by Gasteiger charge is -2.20. The number of hydrogen-bond donors (Lipinski definition) is 2. The zero-order chi connectivity index (χ0) is 15.9. The van der Waals surface area contributed by atoms with Gasteiger partial charge in [0, 0.05) is 12.5 Å². The Hall–Kier alpha value is -1.91. The molecule has 1 amide bonds. The Morgan fingerprint density at radius 2 is 1.78 bits per heavy atom. The van der Waals surface area contributed by atoms with Crippen molar-refractivity contribution in [3.8, 4) is 0 Å². The van der Waals surface area contributed by atoms with Gasteiger partial charge < -0.3 is 11.1 Å². The lowest BCUT2D eigenvalue weighted by Crippen LogP contribution is -2.30. The van der Waals surface area contributed by atoms with Gasteiger partial charge in [-0.1, -0.05) is 42.5 Å². The van der Waals surface area contributed by atoms with E-state index < -0.39 is 0 Å². The molecule has 0 aromatic heterocycles. The summed E-state index contributed by atoms with van der Waals surface area (Å²) in [6.45, 7) is 1.87. The second-order valence-electron chi connectivity index (χ2n) is 5.48. The standard InChI is InChI=1S/C18H21FN2O.ClH/c1-13(20)10-11-17(22)21-18(14-6-3-2-4-7-14)15-8-5-9-16(19)12-15;/h2-9,12-13,18H,10-11,20H2,1H3,(H,21,22);1H. The molecule has 2 atom stereocenters. The van der Waals surface area contributed by atoms with Gasteiger partial charge in [0.25, 0.3) is 0 Å². The lowest BCUT2D eigenvalue weighted by molar-refractivity contribution is -0.121. The predicted octanol–water partition coefficient (Wildman–Crippen LogP) is 3.58. The van der Waals surface area contributed by atoms with E-state index in [4.69, 9.17) is 5.73 Å². The van der Waals surface area contributed by atoms with Crippen molar-refractivity contribution in [3.63, 3.8) is 0 Å². The molecule has 3 N–H and O–H groups in total. The molecule has 0 heterocycles. The highest BCUT2D eigenvalue weighted by Crippen LogP contribution is 2.22. The molecule has 0 saturated heterocycles. The molecule has 124 valence electrons. The number of carbonyl (C=O) groups excluding carboxylic acids is 1. The summed E-state index contributed by atoms with van der Waals surface area (Å²) in [6.07, 6.45) is 0.979. The van der Waals surface area contributed by atoms with E-state index in [0.29, 0.717) is 12.8 Å². The van der Waals surface area contributed by atoms with Crippen molar-refractivity contribution in [2.75, 3.05) is 0 Å². The number of halogens is 2. The molecule has 5 heteroatoms. The van der Waals surface area contributed by atoms with E-state index in [-0.39, 0.29) is 36.2 Å². The molecule has 0 saturated carbocycles. The minimum atomic E-state index is -0.363. The molecule has 23 heavy (non-hydrogen) atoms. The van der Waals surface area contributed by atoms with Crippen LogP contribution in [0.5, 0.6) is 0 Å². The molecule has 0 fully saturated rings. The van der Waals surface area contributed by atoms with Crippen LogP contribution in [0.2, 0.25) is 0 Å². The normalized spacial score (nSPS) is 12.8. The Labute approximate surface area is 142 Å². The van der Waals surface area contributed by atoms with Crippen LogP contribution in [-0.2, 0) is 4.79 Å². The van der Waals surface area contributed by atoms with Crippen LogP contribution < -0.4 is 11.1 Å². The van der Waals surface area contributed by atoms with Crippen molar-refractivity contribution >= 4 is 18.3 Å². The molecular formula is C18H22ClFN2O. The minimum Gasteiger partial charge on any atom is -0.345 e. The number of amides is 1. The molecule has 2 aromatic carbocycles. The third-order valence-corrected chi connectivity index (χ3v) is 3.45. The summed E-state index contributed by atoms with van der Waals surface area (Å²) in [6, 6.07) is 15.5. The Bertz CT molecular complexity index is 619. The number of rotatable bonds is 6. The van der Waals surface area contributed by atoms with Crippen LogP contribution in [0.1, 0.15) is 36.9 Å². The van der Waals surface area contributed by atoms with E-state index in [0.717, 1.165) is 11.1 Å². The second kappa shape index (κ2) is 9.28. The van der Waals surface area contributed by atoms with Gasteiger partial charge in [-0.25, -0.2) is 4.39 Å². The topological polar surface area (TPSA) is 55.1 Å². The van der Waals surface area contributed by atoms with Gasteiger partial charge in [-0.05, 0) is 36.6 Å². The summed E-state index contributed by atoms with van der Waals surface area (Å²) in [5.74, 6) is -0.404. The Morgan fingerprint density at radius 1 is 1.13 bits per heavy atom. The molecule has 2 unspecified atom stereocenters. The van der Waals surface area contributed by atoms with E-state index in [1.165, 1.54) is 12.1 Å². The number of carbonyl (C=O) groups is 1. The molecule has 2 rings (SSSR count). The molecule has 0 spiro atoms. The zero-order valence-corrected chi connectivity index (χ0v) is 13.9. The fraction of sp³-hybridized carbons (Fsp3) is 0.278. The smallest absolute Gasteiger partial charge is 0.220 e. The third-order valence-electron chi connectivity index (χ3n) is 3.45. The van der Waals surface area contributed by atoms with E-state index >= 15 is 0 Å². The van der Waals surface area contributed by atoms with Gasteiger partial charge in [0.15, 0.2) is 0 Å². The quantitative estimate of drug-likeness (QED) is 0.847.